The maximum Gasteiger partial charge on any atom is 0.255 e. The highest BCUT2D eigenvalue weighted by Crippen LogP contribution is 2.31. The molecule has 0 spiro atoms. The molecule has 1 aliphatic heterocycles. The van der Waals surface area contributed by atoms with Gasteiger partial charge in [0.1, 0.15) is 5.82 Å². The Morgan fingerprint density at radius 3 is 2.77 bits per heavy atom. The average molecular weight is 549 g/mol. The number of nitrogens with one attached hydrogen (secondary N) is 1. The summed E-state index contributed by atoms with van der Waals surface area (Å²) in [4.78, 5) is 35.9. The fourth-order valence-electron chi connectivity index (χ4n) is 4.76. The van der Waals surface area contributed by atoms with Crippen LogP contribution in [0, 0.1) is 0 Å². The molecule has 1 saturated carbocycles. The first-order valence-electron chi connectivity index (χ1n) is 10.7. The van der Waals surface area contributed by atoms with Gasteiger partial charge in [-0.05, 0) is 40.9 Å². The molecular weight excluding hydrogens is 526 g/mol. The molecule has 1 fully saturated rings. The second-order valence-corrected chi connectivity index (χ2v) is 10.3. The minimum Gasteiger partial charge on any atom is -0.463 e. The number of halogens is 2. The van der Waals surface area contributed by atoms with Crippen LogP contribution in [-0.4, -0.2) is 21.4 Å². The van der Waals surface area contributed by atoms with E-state index in [0.717, 1.165) is 51.8 Å². The zero-order valence-electron chi connectivity index (χ0n) is 17.0. The van der Waals surface area contributed by atoms with Gasteiger partial charge >= 0.3 is 0 Å². The summed E-state index contributed by atoms with van der Waals surface area (Å²) in [5.74, 6) is 1.24. The van der Waals surface area contributed by atoms with Crippen LogP contribution in [0.25, 0.3) is 11.0 Å². The van der Waals surface area contributed by atoms with Gasteiger partial charge in [0.15, 0.2) is 11.0 Å². The van der Waals surface area contributed by atoms with Gasteiger partial charge in [0.2, 0.25) is 0 Å². The van der Waals surface area contributed by atoms with Crippen molar-refractivity contribution in [2.24, 2.45) is 0 Å². The third kappa shape index (κ3) is 4.17. The number of nitrogens with zero attached hydrogens (tertiary/aromatic N) is 2. The number of hydrogen-bond acceptors (Lipinski definition) is 5. The largest absolute Gasteiger partial charge is 0.463 e. The Bertz CT molecular complexity index is 1260. The lowest BCUT2D eigenvalue weighted by molar-refractivity contribution is 0.238. The summed E-state index contributed by atoms with van der Waals surface area (Å²) in [5, 5.41) is 0.535. The Morgan fingerprint density at radius 1 is 1.16 bits per heavy atom. The lowest BCUT2D eigenvalue weighted by atomic mass is 9.88. The molecule has 8 heteroatoms. The predicted molar refractivity (Wildman–Crippen MR) is 126 cm³/mol. The van der Waals surface area contributed by atoms with E-state index in [0.29, 0.717) is 35.5 Å². The first kappa shape index (κ1) is 21.1. The quantitative estimate of drug-likeness (QED) is 0.498. The first-order valence-corrected chi connectivity index (χ1v) is 12.3. The molecule has 0 radical (unpaired) electrons. The number of rotatable bonds is 3. The summed E-state index contributed by atoms with van der Waals surface area (Å²) in [5.41, 5.74) is 2.68. The average Bonchev–Trinajstić information content (AvgIpc) is 2.77. The molecule has 1 aliphatic carbocycles. The van der Waals surface area contributed by atoms with E-state index in [9.17, 15) is 9.59 Å². The minimum atomic E-state index is -0.0475. The molecule has 0 bridgehead atoms. The van der Waals surface area contributed by atoms with Crippen LogP contribution in [0.1, 0.15) is 60.7 Å². The smallest absolute Gasteiger partial charge is 0.255 e. The Kier molecular flexibility index (Phi) is 5.88. The van der Waals surface area contributed by atoms with Crippen LogP contribution in [0.5, 0.6) is 0 Å². The third-order valence-electron chi connectivity index (χ3n) is 6.42. The number of fused-ring (bicyclic) bond motifs is 2. The van der Waals surface area contributed by atoms with Crippen LogP contribution in [0.3, 0.4) is 0 Å². The van der Waals surface area contributed by atoms with Gasteiger partial charge in [-0.25, -0.2) is 4.98 Å². The van der Waals surface area contributed by atoms with Crippen molar-refractivity contribution in [3.63, 3.8) is 0 Å². The summed E-state index contributed by atoms with van der Waals surface area (Å²) >= 11 is 6.88. The molecule has 0 atom stereocenters. The molecule has 0 saturated heterocycles. The summed E-state index contributed by atoms with van der Waals surface area (Å²) in [6.07, 6.45) is 8.16. The summed E-state index contributed by atoms with van der Waals surface area (Å²) in [7, 11) is 0. The van der Waals surface area contributed by atoms with Crippen LogP contribution in [-0.2, 0) is 19.5 Å². The van der Waals surface area contributed by atoms with Crippen LogP contribution in [0.15, 0.2) is 41.3 Å². The molecular formula is C23H23Br2N3O3. The van der Waals surface area contributed by atoms with Gasteiger partial charge in [0.25, 0.3) is 5.56 Å². The van der Waals surface area contributed by atoms with Crippen LogP contribution in [0.4, 0.5) is 0 Å². The minimum absolute atomic E-state index is 0.0336. The molecule has 2 aromatic heterocycles. The van der Waals surface area contributed by atoms with Crippen LogP contribution < -0.4 is 11.0 Å². The van der Waals surface area contributed by atoms with Gasteiger partial charge in [-0.3, -0.25) is 14.5 Å². The van der Waals surface area contributed by atoms with E-state index in [4.69, 9.17) is 9.40 Å². The Hall–Kier alpha value is -1.77. The summed E-state index contributed by atoms with van der Waals surface area (Å²) in [6, 6.07) is 3.63. The molecule has 6 nitrogen and oxygen atoms in total. The highest BCUT2D eigenvalue weighted by atomic mass is 79.9. The molecule has 1 aromatic carbocycles. The number of aromatic amines is 1. The predicted octanol–water partition coefficient (Wildman–Crippen LogP) is 5.01. The second kappa shape index (κ2) is 8.64. The van der Waals surface area contributed by atoms with Gasteiger partial charge in [0.05, 0.1) is 27.4 Å². The summed E-state index contributed by atoms with van der Waals surface area (Å²) in [6.45, 7) is 1.68. The SMILES string of the molecule is O=c1[nH]c(C2CCCCC2)nc2c1CN(Cc1coc3c(Br)cc(Br)cc3c1=O)CC2. The van der Waals surface area contributed by atoms with Gasteiger partial charge in [0, 0.05) is 42.0 Å². The van der Waals surface area contributed by atoms with Crippen molar-refractivity contribution < 1.29 is 4.42 Å². The number of H-pyrrole nitrogens is 1. The third-order valence-corrected chi connectivity index (χ3v) is 7.46. The topological polar surface area (TPSA) is 79.2 Å². The summed E-state index contributed by atoms with van der Waals surface area (Å²) < 4.78 is 7.30. The van der Waals surface area contributed by atoms with E-state index < -0.39 is 0 Å². The van der Waals surface area contributed by atoms with Crippen molar-refractivity contribution in [3.8, 4) is 0 Å². The van der Waals surface area contributed by atoms with Crippen molar-refractivity contribution >= 4 is 42.8 Å². The van der Waals surface area contributed by atoms with Crippen molar-refractivity contribution in [1.82, 2.24) is 14.9 Å². The maximum atomic E-state index is 13.0. The highest BCUT2D eigenvalue weighted by molar-refractivity contribution is 9.11. The van der Waals surface area contributed by atoms with Crippen LogP contribution in [0.2, 0.25) is 0 Å². The molecule has 3 heterocycles. The van der Waals surface area contributed by atoms with E-state index >= 15 is 0 Å². The molecule has 1 N–H and O–H groups in total. The van der Waals surface area contributed by atoms with E-state index in [1.807, 2.05) is 6.07 Å². The highest BCUT2D eigenvalue weighted by Gasteiger charge is 2.25. The van der Waals surface area contributed by atoms with E-state index in [-0.39, 0.29) is 11.0 Å². The Morgan fingerprint density at radius 2 is 1.97 bits per heavy atom. The van der Waals surface area contributed by atoms with Gasteiger partial charge in [-0.15, -0.1) is 0 Å². The second-order valence-electron chi connectivity index (χ2n) is 8.53. The molecule has 0 amide bonds. The van der Waals surface area contributed by atoms with Crippen LogP contribution >= 0.6 is 31.9 Å². The van der Waals surface area contributed by atoms with Crippen molar-refractivity contribution in [1.29, 1.82) is 0 Å². The van der Waals surface area contributed by atoms with Gasteiger partial charge in [-0.2, -0.15) is 0 Å². The molecule has 31 heavy (non-hydrogen) atoms. The standard InChI is InChI=1S/C23H23Br2N3O3/c24-15-8-16-20(29)14(12-31-21(16)18(25)9-15)10-28-7-6-19-17(11-28)23(30)27-22(26-19)13-4-2-1-3-5-13/h8-9,12-13H,1-7,10-11H2,(H,26,27,30). The number of benzene rings is 1. The van der Waals surface area contributed by atoms with Gasteiger partial charge in [-0.1, -0.05) is 35.2 Å². The van der Waals surface area contributed by atoms with E-state index in [1.165, 1.54) is 25.5 Å². The van der Waals surface area contributed by atoms with E-state index in [1.54, 1.807) is 6.07 Å². The zero-order chi connectivity index (χ0) is 21.5. The first-order chi connectivity index (χ1) is 15.0. The normalized spacial score (nSPS) is 17.7. The maximum absolute atomic E-state index is 13.0. The molecule has 0 unspecified atom stereocenters. The van der Waals surface area contributed by atoms with Crippen molar-refractivity contribution in [2.75, 3.05) is 6.54 Å². The molecule has 5 rings (SSSR count). The fraction of sp³-hybridized carbons (Fsp3) is 0.435. The lowest BCUT2D eigenvalue weighted by Crippen LogP contribution is -2.37. The van der Waals surface area contributed by atoms with Crippen molar-refractivity contribution in [3.05, 3.63) is 70.6 Å². The van der Waals surface area contributed by atoms with E-state index in [2.05, 4.69) is 41.7 Å². The number of hydrogen-bond donors (Lipinski definition) is 1. The Labute approximate surface area is 196 Å². The molecule has 3 aromatic rings. The number of aromatic nitrogens is 2. The van der Waals surface area contributed by atoms with Crippen molar-refractivity contribution in [2.45, 2.75) is 57.5 Å². The fourth-order valence-corrected chi connectivity index (χ4v) is 6.08. The Balaban J connectivity index is 1.39. The zero-order valence-corrected chi connectivity index (χ0v) is 20.2. The lowest BCUT2D eigenvalue weighted by Gasteiger charge is -2.28. The molecule has 2 aliphatic rings. The monoisotopic (exact) mass is 547 g/mol. The molecule has 162 valence electrons. The van der Waals surface area contributed by atoms with Gasteiger partial charge < -0.3 is 9.40 Å².